The molecule has 0 unspecified atom stereocenters. The maximum absolute atomic E-state index is 12.5. The Hall–Kier alpha value is -3.09. The Balaban J connectivity index is 1.67. The number of rotatable bonds is 7. The molecule has 2 amide bonds. The van der Waals surface area contributed by atoms with Crippen LogP contribution in [-0.4, -0.2) is 22.9 Å². The Morgan fingerprint density at radius 2 is 1.81 bits per heavy atom. The molecule has 0 atom stereocenters. The molecule has 1 aromatic carbocycles. The van der Waals surface area contributed by atoms with Gasteiger partial charge in [0.05, 0.1) is 29.5 Å². The first kappa shape index (κ1) is 18.7. The number of aliphatic carboxylic acids is 1. The monoisotopic (exact) mass is 370 g/mol. The van der Waals surface area contributed by atoms with E-state index < -0.39 is 17.3 Å². The number of carboxylic acids is 1. The van der Waals surface area contributed by atoms with Crippen LogP contribution >= 0.6 is 0 Å². The summed E-state index contributed by atoms with van der Waals surface area (Å²) in [6.07, 6.45) is 4.06. The second-order valence-corrected chi connectivity index (χ2v) is 6.83. The van der Waals surface area contributed by atoms with Crippen LogP contribution in [0.25, 0.3) is 0 Å². The average molecular weight is 370 g/mol. The molecule has 2 aromatic rings. The standard InChI is InChI=1S/C20H22N2O5/c23-17(12-20(19(25)26)9-3-4-10-20)22-16-8-2-1-7-15(16)18(24)21-13-14-6-5-11-27-14/h1-2,5-8,11H,3-4,9-10,12-13H2,(H,21,24)(H,22,23)(H,25,26). The number of hydrogen-bond acceptors (Lipinski definition) is 4. The van der Waals surface area contributed by atoms with Gasteiger partial charge in [0.1, 0.15) is 5.76 Å². The molecule has 7 nitrogen and oxygen atoms in total. The van der Waals surface area contributed by atoms with Crippen LogP contribution in [-0.2, 0) is 16.1 Å². The van der Waals surface area contributed by atoms with Gasteiger partial charge in [0.25, 0.3) is 5.91 Å². The Bertz CT molecular complexity index is 823. The SMILES string of the molecule is O=C(CC1(C(=O)O)CCCC1)Nc1ccccc1C(=O)NCc1ccco1. The topological polar surface area (TPSA) is 109 Å². The maximum atomic E-state index is 12.5. The van der Waals surface area contributed by atoms with Gasteiger partial charge in [0, 0.05) is 6.42 Å². The molecular weight excluding hydrogens is 348 g/mol. The van der Waals surface area contributed by atoms with Crippen LogP contribution < -0.4 is 10.6 Å². The number of amides is 2. The van der Waals surface area contributed by atoms with Crippen molar-refractivity contribution in [3.8, 4) is 0 Å². The second-order valence-electron chi connectivity index (χ2n) is 6.83. The molecule has 1 saturated carbocycles. The van der Waals surface area contributed by atoms with Crippen molar-refractivity contribution in [1.29, 1.82) is 0 Å². The number of carboxylic acid groups (broad SMARTS) is 1. The lowest BCUT2D eigenvalue weighted by molar-refractivity contribution is -0.150. The fourth-order valence-corrected chi connectivity index (χ4v) is 3.49. The van der Waals surface area contributed by atoms with Crippen molar-refractivity contribution in [2.45, 2.75) is 38.6 Å². The molecule has 0 spiro atoms. The first-order chi connectivity index (χ1) is 13.0. The highest BCUT2D eigenvalue weighted by Crippen LogP contribution is 2.41. The van der Waals surface area contributed by atoms with Crippen LogP contribution in [0.3, 0.4) is 0 Å². The van der Waals surface area contributed by atoms with Gasteiger partial charge in [-0.05, 0) is 37.1 Å². The van der Waals surface area contributed by atoms with Gasteiger partial charge in [-0.3, -0.25) is 14.4 Å². The predicted molar refractivity (Wildman–Crippen MR) is 98.1 cm³/mol. The van der Waals surface area contributed by atoms with E-state index in [4.69, 9.17) is 4.42 Å². The number of hydrogen-bond donors (Lipinski definition) is 3. The van der Waals surface area contributed by atoms with Crippen molar-refractivity contribution < 1.29 is 23.9 Å². The lowest BCUT2D eigenvalue weighted by Crippen LogP contribution is -2.33. The first-order valence-electron chi connectivity index (χ1n) is 8.93. The zero-order valence-corrected chi connectivity index (χ0v) is 14.9. The Labute approximate surface area is 156 Å². The highest BCUT2D eigenvalue weighted by atomic mass is 16.4. The predicted octanol–water partition coefficient (Wildman–Crippen LogP) is 3.18. The summed E-state index contributed by atoms with van der Waals surface area (Å²) in [4.78, 5) is 36.6. The van der Waals surface area contributed by atoms with E-state index in [1.807, 2.05) is 0 Å². The Morgan fingerprint density at radius 3 is 2.48 bits per heavy atom. The zero-order chi connectivity index (χ0) is 19.3. The molecule has 0 aliphatic heterocycles. The van der Waals surface area contributed by atoms with E-state index in [-0.39, 0.29) is 18.9 Å². The molecule has 1 aliphatic carbocycles. The quantitative estimate of drug-likeness (QED) is 0.694. The minimum Gasteiger partial charge on any atom is -0.481 e. The molecule has 27 heavy (non-hydrogen) atoms. The van der Waals surface area contributed by atoms with Crippen molar-refractivity contribution in [3.63, 3.8) is 0 Å². The summed E-state index contributed by atoms with van der Waals surface area (Å²) in [5.41, 5.74) is -0.327. The van der Waals surface area contributed by atoms with Crippen molar-refractivity contribution in [1.82, 2.24) is 5.32 Å². The normalized spacial score (nSPS) is 15.3. The summed E-state index contributed by atoms with van der Waals surface area (Å²) in [6.45, 7) is 0.232. The second kappa shape index (κ2) is 8.07. The Kier molecular flexibility index (Phi) is 5.59. The van der Waals surface area contributed by atoms with Crippen LogP contribution in [0.1, 0.15) is 48.2 Å². The summed E-state index contributed by atoms with van der Waals surface area (Å²) in [7, 11) is 0. The van der Waals surface area contributed by atoms with E-state index in [0.717, 1.165) is 12.8 Å². The number of benzene rings is 1. The van der Waals surface area contributed by atoms with Crippen LogP contribution in [0, 0.1) is 5.41 Å². The number of para-hydroxylation sites is 1. The minimum atomic E-state index is -0.999. The van der Waals surface area contributed by atoms with Gasteiger partial charge in [0.15, 0.2) is 0 Å². The van der Waals surface area contributed by atoms with Gasteiger partial charge >= 0.3 is 5.97 Å². The van der Waals surface area contributed by atoms with Crippen molar-refractivity contribution in [2.24, 2.45) is 5.41 Å². The largest absolute Gasteiger partial charge is 0.481 e. The van der Waals surface area contributed by atoms with Crippen molar-refractivity contribution in [2.75, 3.05) is 5.32 Å². The molecule has 1 fully saturated rings. The van der Waals surface area contributed by atoms with Gasteiger partial charge < -0.3 is 20.2 Å². The van der Waals surface area contributed by atoms with Crippen LogP contribution in [0.15, 0.2) is 47.1 Å². The molecule has 3 rings (SSSR count). The molecule has 0 radical (unpaired) electrons. The summed E-state index contributed by atoms with van der Waals surface area (Å²) >= 11 is 0. The third-order valence-electron chi connectivity index (χ3n) is 4.96. The molecule has 1 heterocycles. The molecule has 7 heteroatoms. The lowest BCUT2D eigenvalue weighted by Gasteiger charge is -2.23. The molecule has 0 saturated heterocycles. The molecule has 142 valence electrons. The summed E-state index contributed by atoms with van der Waals surface area (Å²) in [6, 6.07) is 10.1. The third-order valence-corrected chi connectivity index (χ3v) is 4.96. The molecule has 1 aliphatic rings. The molecule has 0 bridgehead atoms. The summed E-state index contributed by atoms with van der Waals surface area (Å²) < 4.78 is 5.18. The Morgan fingerprint density at radius 1 is 1.07 bits per heavy atom. The van der Waals surface area contributed by atoms with E-state index in [1.54, 1.807) is 36.4 Å². The van der Waals surface area contributed by atoms with Gasteiger partial charge in [0.2, 0.25) is 5.91 Å². The van der Waals surface area contributed by atoms with Crippen LogP contribution in [0.4, 0.5) is 5.69 Å². The maximum Gasteiger partial charge on any atom is 0.310 e. The zero-order valence-electron chi connectivity index (χ0n) is 14.9. The highest BCUT2D eigenvalue weighted by Gasteiger charge is 2.43. The van der Waals surface area contributed by atoms with Crippen LogP contribution in [0.5, 0.6) is 0 Å². The van der Waals surface area contributed by atoms with E-state index in [0.29, 0.717) is 29.9 Å². The van der Waals surface area contributed by atoms with Crippen molar-refractivity contribution in [3.05, 3.63) is 54.0 Å². The fourth-order valence-electron chi connectivity index (χ4n) is 3.49. The van der Waals surface area contributed by atoms with E-state index in [2.05, 4.69) is 10.6 Å². The number of anilines is 1. The highest BCUT2D eigenvalue weighted by molar-refractivity contribution is 6.04. The number of carbonyl (C=O) groups excluding carboxylic acids is 2. The summed E-state index contributed by atoms with van der Waals surface area (Å²) in [5, 5.41) is 15.0. The third kappa shape index (κ3) is 4.36. The molecule has 3 N–H and O–H groups in total. The van der Waals surface area contributed by atoms with Gasteiger partial charge in [-0.25, -0.2) is 0 Å². The number of carbonyl (C=O) groups is 3. The first-order valence-corrected chi connectivity index (χ1v) is 8.93. The smallest absolute Gasteiger partial charge is 0.310 e. The van der Waals surface area contributed by atoms with E-state index >= 15 is 0 Å². The van der Waals surface area contributed by atoms with Crippen LogP contribution in [0.2, 0.25) is 0 Å². The van der Waals surface area contributed by atoms with E-state index in [9.17, 15) is 19.5 Å². The number of furan rings is 1. The van der Waals surface area contributed by atoms with E-state index in [1.165, 1.54) is 6.26 Å². The van der Waals surface area contributed by atoms with Gasteiger partial charge in [-0.15, -0.1) is 0 Å². The molecule has 1 aromatic heterocycles. The fraction of sp³-hybridized carbons (Fsp3) is 0.350. The van der Waals surface area contributed by atoms with Gasteiger partial charge in [-0.1, -0.05) is 25.0 Å². The minimum absolute atomic E-state index is 0.0926. The van der Waals surface area contributed by atoms with Crippen molar-refractivity contribution >= 4 is 23.5 Å². The molecular formula is C20H22N2O5. The number of nitrogens with one attached hydrogen (secondary N) is 2. The lowest BCUT2D eigenvalue weighted by atomic mass is 9.82. The van der Waals surface area contributed by atoms with Gasteiger partial charge in [-0.2, -0.15) is 0 Å². The summed E-state index contributed by atoms with van der Waals surface area (Å²) in [5.74, 6) is -1.06. The average Bonchev–Trinajstić information content (AvgIpc) is 3.32.